The zero-order chi connectivity index (χ0) is 15.6. The average molecular weight is 290 g/mol. The Kier molecular flexibility index (Phi) is 4.50. The van der Waals surface area contributed by atoms with Crippen LogP contribution in [0.4, 0.5) is 10.5 Å². The molecule has 0 aromatic heterocycles. The van der Waals surface area contributed by atoms with Gasteiger partial charge in [0.2, 0.25) is 0 Å². The fraction of sp³-hybridized carbons (Fsp3) is 0.500. The Bertz CT molecular complexity index is 544. The van der Waals surface area contributed by atoms with Gasteiger partial charge in [-0.05, 0) is 38.3 Å². The fourth-order valence-electron chi connectivity index (χ4n) is 3.04. The maximum Gasteiger partial charge on any atom is 0.337 e. The van der Waals surface area contributed by atoms with Crippen LogP contribution in [0.25, 0.3) is 0 Å². The molecule has 2 atom stereocenters. The standard InChI is InChI=1S/C16H22N2O3/c1-4-12-10-9-11(2)18(12)16(21)17(3)14-8-6-5-7-13(14)15(19)20/h5-8,11-12H,4,9-10H2,1-3H3,(H,19,20). The highest BCUT2D eigenvalue weighted by Gasteiger charge is 2.35. The number of anilines is 1. The summed E-state index contributed by atoms with van der Waals surface area (Å²) in [5.74, 6) is -1.02. The van der Waals surface area contributed by atoms with Crippen molar-refractivity contribution in [2.24, 2.45) is 0 Å². The van der Waals surface area contributed by atoms with E-state index < -0.39 is 5.97 Å². The number of carbonyl (C=O) groups is 2. The summed E-state index contributed by atoms with van der Waals surface area (Å²) in [6.07, 6.45) is 2.93. The van der Waals surface area contributed by atoms with Crippen LogP contribution in [0.1, 0.15) is 43.5 Å². The highest BCUT2D eigenvalue weighted by Crippen LogP contribution is 2.29. The highest BCUT2D eigenvalue weighted by molar-refractivity contribution is 6.01. The molecular formula is C16H22N2O3. The molecule has 2 unspecified atom stereocenters. The number of para-hydroxylation sites is 1. The number of carboxylic acid groups (broad SMARTS) is 1. The average Bonchev–Trinajstić information content (AvgIpc) is 2.86. The van der Waals surface area contributed by atoms with Gasteiger partial charge in [0.15, 0.2) is 0 Å². The number of hydrogen-bond donors (Lipinski definition) is 1. The molecule has 0 aliphatic carbocycles. The number of benzene rings is 1. The minimum Gasteiger partial charge on any atom is -0.478 e. The van der Waals surface area contributed by atoms with E-state index in [-0.39, 0.29) is 23.7 Å². The smallest absolute Gasteiger partial charge is 0.337 e. The van der Waals surface area contributed by atoms with Gasteiger partial charge in [0, 0.05) is 19.1 Å². The van der Waals surface area contributed by atoms with Crippen molar-refractivity contribution < 1.29 is 14.7 Å². The molecular weight excluding hydrogens is 268 g/mol. The van der Waals surface area contributed by atoms with Gasteiger partial charge < -0.3 is 10.0 Å². The zero-order valence-corrected chi connectivity index (χ0v) is 12.7. The molecule has 1 heterocycles. The quantitative estimate of drug-likeness (QED) is 0.930. The molecule has 0 radical (unpaired) electrons. The molecule has 1 aliphatic rings. The molecule has 0 spiro atoms. The van der Waals surface area contributed by atoms with E-state index in [1.165, 1.54) is 11.0 Å². The predicted octanol–water partition coefficient (Wildman–Crippen LogP) is 3.20. The molecule has 1 N–H and O–H groups in total. The van der Waals surface area contributed by atoms with Crippen LogP contribution in [-0.4, -0.2) is 41.1 Å². The Morgan fingerprint density at radius 3 is 2.62 bits per heavy atom. The molecule has 21 heavy (non-hydrogen) atoms. The molecule has 5 heteroatoms. The zero-order valence-electron chi connectivity index (χ0n) is 12.7. The van der Waals surface area contributed by atoms with E-state index in [2.05, 4.69) is 6.92 Å². The first kappa shape index (κ1) is 15.4. The van der Waals surface area contributed by atoms with Crippen molar-refractivity contribution >= 4 is 17.7 Å². The summed E-state index contributed by atoms with van der Waals surface area (Å²) in [4.78, 5) is 27.4. The van der Waals surface area contributed by atoms with Crippen LogP contribution in [0.3, 0.4) is 0 Å². The number of hydrogen-bond acceptors (Lipinski definition) is 2. The Morgan fingerprint density at radius 1 is 1.33 bits per heavy atom. The number of urea groups is 1. The maximum absolute atomic E-state index is 12.8. The molecule has 0 bridgehead atoms. The lowest BCUT2D eigenvalue weighted by atomic mass is 10.1. The van der Waals surface area contributed by atoms with Crippen LogP contribution >= 0.6 is 0 Å². The third-order valence-electron chi connectivity index (χ3n) is 4.26. The SMILES string of the molecule is CCC1CCC(C)N1C(=O)N(C)c1ccccc1C(=O)O. The summed E-state index contributed by atoms with van der Waals surface area (Å²) in [7, 11) is 1.64. The lowest BCUT2D eigenvalue weighted by molar-refractivity contribution is 0.0697. The molecule has 1 saturated heterocycles. The minimum atomic E-state index is -1.02. The lowest BCUT2D eigenvalue weighted by Gasteiger charge is -2.32. The predicted molar refractivity (Wildman–Crippen MR) is 81.8 cm³/mol. The summed E-state index contributed by atoms with van der Waals surface area (Å²) >= 11 is 0. The molecule has 114 valence electrons. The first-order chi connectivity index (χ1) is 9.97. The van der Waals surface area contributed by atoms with Crippen molar-refractivity contribution in [2.75, 3.05) is 11.9 Å². The molecule has 2 rings (SSSR count). The van der Waals surface area contributed by atoms with Gasteiger partial charge in [-0.3, -0.25) is 4.90 Å². The Morgan fingerprint density at radius 2 is 2.00 bits per heavy atom. The molecule has 1 fully saturated rings. The number of rotatable bonds is 3. The number of nitrogens with zero attached hydrogens (tertiary/aromatic N) is 2. The summed E-state index contributed by atoms with van der Waals surface area (Å²) in [5, 5.41) is 9.26. The second-order valence-corrected chi connectivity index (χ2v) is 5.56. The van der Waals surface area contributed by atoms with Gasteiger partial charge in [-0.25, -0.2) is 9.59 Å². The van der Waals surface area contributed by atoms with E-state index in [1.807, 2.05) is 11.8 Å². The number of likely N-dealkylation sites (tertiary alicyclic amines) is 1. The van der Waals surface area contributed by atoms with E-state index >= 15 is 0 Å². The summed E-state index contributed by atoms with van der Waals surface area (Å²) in [6.45, 7) is 4.12. The topological polar surface area (TPSA) is 60.9 Å². The minimum absolute atomic E-state index is 0.124. The van der Waals surface area contributed by atoms with Crippen LogP contribution in [0, 0.1) is 0 Å². The van der Waals surface area contributed by atoms with Crippen molar-refractivity contribution in [1.82, 2.24) is 4.90 Å². The van der Waals surface area contributed by atoms with Crippen LogP contribution < -0.4 is 4.90 Å². The molecule has 1 aromatic carbocycles. The van der Waals surface area contributed by atoms with Crippen LogP contribution in [0.2, 0.25) is 0 Å². The van der Waals surface area contributed by atoms with Crippen LogP contribution in [0.15, 0.2) is 24.3 Å². The molecule has 5 nitrogen and oxygen atoms in total. The summed E-state index contributed by atoms with van der Waals surface area (Å²) < 4.78 is 0. The van der Waals surface area contributed by atoms with Gasteiger partial charge in [-0.15, -0.1) is 0 Å². The Hall–Kier alpha value is -2.04. The maximum atomic E-state index is 12.8. The monoisotopic (exact) mass is 290 g/mol. The molecule has 1 aromatic rings. The lowest BCUT2D eigenvalue weighted by Crippen LogP contribution is -2.47. The van der Waals surface area contributed by atoms with Crippen molar-refractivity contribution in [2.45, 2.75) is 45.2 Å². The van der Waals surface area contributed by atoms with Crippen molar-refractivity contribution in [3.05, 3.63) is 29.8 Å². The number of carboxylic acids is 1. The number of amides is 2. The van der Waals surface area contributed by atoms with E-state index in [1.54, 1.807) is 25.2 Å². The van der Waals surface area contributed by atoms with E-state index in [0.29, 0.717) is 5.69 Å². The largest absolute Gasteiger partial charge is 0.478 e. The fourth-order valence-corrected chi connectivity index (χ4v) is 3.04. The molecule has 0 saturated carbocycles. The Labute approximate surface area is 125 Å². The van der Waals surface area contributed by atoms with Gasteiger partial charge in [-0.2, -0.15) is 0 Å². The number of carbonyl (C=O) groups excluding carboxylic acids is 1. The van der Waals surface area contributed by atoms with Gasteiger partial charge in [0.25, 0.3) is 0 Å². The highest BCUT2D eigenvalue weighted by atomic mass is 16.4. The van der Waals surface area contributed by atoms with E-state index in [0.717, 1.165) is 19.3 Å². The van der Waals surface area contributed by atoms with Gasteiger partial charge >= 0.3 is 12.0 Å². The van der Waals surface area contributed by atoms with Crippen LogP contribution in [0.5, 0.6) is 0 Å². The van der Waals surface area contributed by atoms with E-state index in [4.69, 9.17) is 0 Å². The third-order valence-corrected chi connectivity index (χ3v) is 4.26. The molecule has 1 aliphatic heterocycles. The second-order valence-electron chi connectivity index (χ2n) is 5.56. The summed E-state index contributed by atoms with van der Waals surface area (Å²) in [6, 6.07) is 6.92. The van der Waals surface area contributed by atoms with Crippen molar-refractivity contribution in [3.63, 3.8) is 0 Å². The van der Waals surface area contributed by atoms with Gasteiger partial charge in [0.1, 0.15) is 0 Å². The van der Waals surface area contributed by atoms with Crippen molar-refractivity contribution in [3.8, 4) is 0 Å². The first-order valence-electron chi connectivity index (χ1n) is 7.35. The second kappa shape index (κ2) is 6.16. The normalized spacial score (nSPS) is 21.4. The van der Waals surface area contributed by atoms with Gasteiger partial charge in [0.05, 0.1) is 11.3 Å². The van der Waals surface area contributed by atoms with Crippen LogP contribution in [-0.2, 0) is 0 Å². The van der Waals surface area contributed by atoms with Crippen molar-refractivity contribution in [1.29, 1.82) is 0 Å². The van der Waals surface area contributed by atoms with E-state index in [9.17, 15) is 14.7 Å². The number of aromatic carboxylic acids is 1. The molecule has 2 amide bonds. The summed E-state index contributed by atoms with van der Waals surface area (Å²) in [5.41, 5.74) is 0.581. The third kappa shape index (κ3) is 2.86. The first-order valence-corrected chi connectivity index (χ1v) is 7.35. The Balaban J connectivity index is 2.29. The van der Waals surface area contributed by atoms with Gasteiger partial charge in [-0.1, -0.05) is 19.1 Å².